The van der Waals surface area contributed by atoms with E-state index >= 15 is 0 Å². The van der Waals surface area contributed by atoms with Gasteiger partial charge >= 0.3 is 0 Å². The second-order valence-electron chi connectivity index (χ2n) is 4.10. The highest BCUT2D eigenvalue weighted by molar-refractivity contribution is 5.75. The Bertz CT molecular complexity index is 328. The predicted octanol–water partition coefficient (Wildman–Crippen LogP) is 1.32. The SMILES string of the molecule is CNCCC(=O)NCCCOCc1ccccc1. The highest BCUT2D eigenvalue weighted by Crippen LogP contribution is 2.00. The molecule has 0 fully saturated rings. The molecule has 0 heterocycles. The number of rotatable bonds is 9. The standard InChI is InChI=1S/C14H22N2O2/c1-15-10-8-14(17)16-9-5-11-18-12-13-6-3-2-4-7-13/h2-4,6-7,15H,5,8-12H2,1H3,(H,16,17). The fourth-order valence-electron chi connectivity index (χ4n) is 1.49. The van der Waals surface area contributed by atoms with E-state index in [2.05, 4.69) is 10.6 Å². The molecule has 0 aliphatic heterocycles. The zero-order valence-corrected chi connectivity index (χ0v) is 10.9. The minimum atomic E-state index is 0.0902. The molecule has 0 aliphatic carbocycles. The first-order valence-electron chi connectivity index (χ1n) is 6.36. The van der Waals surface area contributed by atoms with Crippen LogP contribution in [0, 0.1) is 0 Å². The van der Waals surface area contributed by atoms with Gasteiger partial charge in [-0.25, -0.2) is 0 Å². The zero-order chi connectivity index (χ0) is 13.1. The molecule has 18 heavy (non-hydrogen) atoms. The molecule has 0 atom stereocenters. The number of ether oxygens (including phenoxy) is 1. The zero-order valence-electron chi connectivity index (χ0n) is 10.9. The Kier molecular flexibility index (Phi) is 7.84. The number of carbonyl (C=O) groups excluding carboxylic acids is 1. The molecule has 0 radical (unpaired) electrons. The van der Waals surface area contributed by atoms with E-state index < -0.39 is 0 Å². The van der Waals surface area contributed by atoms with Crippen LogP contribution in [0.1, 0.15) is 18.4 Å². The van der Waals surface area contributed by atoms with Gasteiger partial charge in [-0.15, -0.1) is 0 Å². The molecule has 0 spiro atoms. The molecule has 1 aromatic rings. The molecule has 1 rings (SSSR count). The number of nitrogens with one attached hydrogen (secondary N) is 2. The Morgan fingerprint density at radius 1 is 1.22 bits per heavy atom. The first kappa shape index (κ1) is 14.7. The third-order valence-electron chi connectivity index (χ3n) is 2.50. The molecule has 0 saturated carbocycles. The van der Waals surface area contributed by atoms with Crippen LogP contribution < -0.4 is 10.6 Å². The first-order chi connectivity index (χ1) is 8.83. The van der Waals surface area contributed by atoms with Crippen LogP contribution >= 0.6 is 0 Å². The topological polar surface area (TPSA) is 50.4 Å². The minimum Gasteiger partial charge on any atom is -0.377 e. The third kappa shape index (κ3) is 7.04. The molecular weight excluding hydrogens is 228 g/mol. The first-order valence-corrected chi connectivity index (χ1v) is 6.36. The summed E-state index contributed by atoms with van der Waals surface area (Å²) in [4.78, 5) is 11.3. The Morgan fingerprint density at radius 2 is 2.00 bits per heavy atom. The normalized spacial score (nSPS) is 10.3. The number of hydrogen-bond donors (Lipinski definition) is 2. The maximum Gasteiger partial charge on any atom is 0.221 e. The molecule has 0 aromatic heterocycles. The lowest BCUT2D eigenvalue weighted by molar-refractivity contribution is -0.121. The highest BCUT2D eigenvalue weighted by atomic mass is 16.5. The van der Waals surface area contributed by atoms with E-state index in [9.17, 15) is 4.79 Å². The van der Waals surface area contributed by atoms with Crippen LogP contribution in [0.25, 0.3) is 0 Å². The second kappa shape index (κ2) is 9.62. The predicted molar refractivity (Wildman–Crippen MR) is 72.3 cm³/mol. The van der Waals surface area contributed by atoms with Crippen LogP contribution in [-0.4, -0.2) is 32.7 Å². The van der Waals surface area contributed by atoms with Crippen molar-refractivity contribution in [2.45, 2.75) is 19.4 Å². The molecular formula is C14H22N2O2. The van der Waals surface area contributed by atoms with E-state index in [0.29, 0.717) is 26.2 Å². The maximum atomic E-state index is 11.3. The Labute approximate surface area is 109 Å². The Morgan fingerprint density at radius 3 is 2.72 bits per heavy atom. The highest BCUT2D eigenvalue weighted by Gasteiger charge is 1.98. The van der Waals surface area contributed by atoms with Gasteiger partial charge in [0.05, 0.1) is 6.61 Å². The lowest BCUT2D eigenvalue weighted by atomic mass is 10.2. The summed E-state index contributed by atoms with van der Waals surface area (Å²) in [7, 11) is 1.84. The summed E-state index contributed by atoms with van der Waals surface area (Å²) in [6, 6.07) is 10.1. The van der Waals surface area contributed by atoms with Gasteiger partial charge in [0.15, 0.2) is 0 Å². The quantitative estimate of drug-likeness (QED) is 0.650. The third-order valence-corrected chi connectivity index (χ3v) is 2.50. The fraction of sp³-hybridized carbons (Fsp3) is 0.500. The van der Waals surface area contributed by atoms with Crippen molar-refractivity contribution in [1.82, 2.24) is 10.6 Å². The molecule has 1 amide bonds. The summed E-state index contributed by atoms with van der Waals surface area (Å²) < 4.78 is 5.52. The van der Waals surface area contributed by atoms with Crippen molar-refractivity contribution in [2.24, 2.45) is 0 Å². The molecule has 4 nitrogen and oxygen atoms in total. The fourth-order valence-corrected chi connectivity index (χ4v) is 1.49. The van der Waals surface area contributed by atoms with Gasteiger partial charge in [0.25, 0.3) is 0 Å². The van der Waals surface area contributed by atoms with Crippen molar-refractivity contribution >= 4 is 5.91 Å². The van der Waals surface area contributed by atoms with Gasteiger partial charge in [-0.3, -0.25) is 4.79 Å². The lowest BCUT2D eigenvalue weighted by Gasteiger charge is -2.06. The number of benzene rings is 1. The minimum absolute atomic E-state index is 0.0902. The number of hydrogen-bond acceptors (Lipinski definition) is 3. The monoisotopic (exact) mass is 250 g/mol. The summed E-state index contributed by atoms with van der Waals surface area (Å²) in [5, 5.41) is 5.80. The van der Waals surface area contributed by atoms with Crippen molar-refractivity contribution in [3.63, 3.8) is 0 Å². The average molecular weight is 250 g/mol. The molecule has 2 N–H and O–H groups in total. The Hall–Kier alpha value is -1.39. The van der Waals surface area contributed by atoms with Crippen LogP contribution in [0.15, 0.2) is 30.3 Å². The largest absolute Gasteiger partial charge is 0.377 e. The van der Waals surface area contributed by atoms with Gasteiger partial charge in [0, 0.05) is 26.1 Å². The van der Waals surface area contributed by atoms with Gasteiger partial charge in [-0.2, -0.15) is 0 Å². The maximum absolute atomic E-state index is 11.3. The molecule has 100 valence electrons. The summed E-state index contributed by atoms with van der Waals surface area (Å²) in [6.07, 6.45) is 1.37. The van der Waals surface area contributed by atoms with Crippen molar-refractivity contribution in [2.75, 3.05) is 26.7 Å². The van der Waals surface area contributed by atoms with Gasteiger partial charge in [0.2, 0.25) is 5.91 Å². The lowest BCUT2D eigenvalue weighted by Crippen LogP contribution is -2.27. The second-order valence-corrected chi connectivity index (χ2v) is 4.10. The molecule has 0 unspecified atom stereocenters. The molecule has 0 saturated heterocycles. The van der Waals surface area contributed by atoms with E-state index in [4.69, 9.17) is 4.74 Å². The van der Waals surface area contributed by atoms with Crippen molar-refractivity contribution in [3.05, 3.63) is 35.9 Å². The van der Waals surface area contributed by atoms with Gasteiger partial charge < -0.3 is 15.4 Å². The van der Waals surface area contributed by atoms with Crippen LogP contribution in [0.5, 0.6) is 0 Å². The van der Waals surface area contributed by atoms with Crippen LogP contribution in [0.4, 0.5) is 0 Å². The summed E-state index contributed by atoms with van der Waals surface area (Å²) in [5.41, 5.74) is 1.18. The number of carbonyl (C=O) groups is 1. The van der Waals surface area contributed by atoms with Crippen LogP contribution in [0.2, 0.25) is 0 Å². The van der Waals surface area contributed by atoms with E-state index in [1.807, 2.05) is 37.4 Å². The average Bonchev–Trinajstić information content (AvgIpc) is 2.41. The molecule has 0 aliphatic rings. The summed E-state index contributed by atoms with van der Waals surface area (Å²) in [6.45, 7) is 2.70. The van der Waals surface area contributed by atoms with E-state index in [1.165, 1.54) is 5.56 Å². The van der Waals surface area contributed by atoms with E-state index in [-0.39, 0.29) is 5.91 Å². The van der Waals surface area contributed by atoms with Crippen LogP contribution in [0.3, 0.4) is 0 Å². The van der Waals surface area contributed by atoms with Crippen molar-refractivity contribution in [1.29, 1.82) is 0 Å². The Balaban J connectivity index is 1.94. The summed E-state index contributed by atoms with van der Waals surface area (Å²) >= 11 is 0. The van der Waals surface area contributed by atoms with E-state index in [1.54, 1.807) is 0 Å². The molecule has 0 bridgehead atoms. The summed E-state index contributed by atoms with van der Waals surface area (Å²) in [5.74, 6) is 0.0902. The van der Waals surface area contributed by atoms with Crippen LogP contribution in [-0.2, 0) is 16.1 Å². The van der Waals surface area contributed by atoms with Gasteiger partial charge in [-0.1, -0.05) is 30.3 Å². The van der Waals surface area contributed by atoms with Crippen molar-refractivity contribution < 1.29 is 9.53 Å². The van der Waals surface area contributed by atoms with Gasteiger partial charge in [-0.05, 0) is 19.0 Å². The van der Waals surface area contributed by atoms with Gasteiger partial charge in [0.1, 0.15) is 0 Å². The van der Waals surface area contributed by atoms with E-state index in [0.717, 1.165) is 13.0 Å². The molecule has 4 heteroatoms. The molecule has 1 aromatic carbocycles. The van der Waals surface area contributed by atoms with Crippen molar-refractivity contribution in [3.8, 4) is 0 Å². The smallest absolute Gasteiger partial charge is 0.221 e. The number of amides is 1.